The van der Waals surface area contributed by atoms with Gasteiger partial charge in [-0.3, -0.25) is 9.69 Å². The molecule has 3 rings (SSSR count). The number of amides is 1. The summed E-state index contributed by atoms with van der Waals surface area (Å²) in [5.41, 5.74) is 1.10. The molecule has 0 unspecified atom stereocenters. The zero-order valence-corrected chi connectivity index (χ0v) is 10.4. The highest BCUT2D eigenvalue weighted by molar-refractivity contribution is 5.79. The molecule has 0 spiro atoms. The van der Waals surface area contributed by atoms with Gasteiger partial charge in [0, 0.05) is 49.8 Å². The van der Waals surface area contributed by atoms with Crippen LogP contribution in [-0.2, 0) is 11.3 Å². The van der Waals surface area contributed by atoms with Gasteiger partial charge in [-0.2, -0.15) is 0 Å². The first-order valence-electron chi connectivity index (χ1n) is 6.26. The van der Waals surface area contributed by atoms with Crippen LogP contribution < -0.4 is 10.1 Å². The van der Waals surface area contributed by atoms with Crippen LogP contribution in [0.2, 0.25) is 0 Å². The van der Waals surface area contributed by atoms with Crippen molar-refractivity contribution in [3.63, 3.8) is 0 Å². The number of nitrogens with one attached hydrogen (secondary N) is 1. The quantitative estimate of drug-likeness (QED) is 0.840. The Labute approximate surface area is 106 Å². The monoisotopic (exact) mass is 247 g/mol. The Hall–Kier alpha value is -1.62. The number of rotatable bonds is 3. The van der Waals surface area contributed by atoms with Crippen LogP contribution in [0.15, 0.2) is 18.3 Å². The molecular formula is C13H17N3O2. The van der Waals surface area contributed by atoms with Gasteiger partial charge in [0.2, 0.25) is 11.8 Å². The fraction of sp³-hybridized carbons (Fsp3) is 0.538. The van der Waals surface area contributed by atoms with Crippen LogP contribution in [0.3, 0.4) is 0 Å². The lowest BCUT2D eigenvalue weighted by molar-refractivity contribution is -0.119. The first-order valence-corrected chi connectivity index (χ1v) is 6.26. The summed E-state index contributed by atoms with van der Waals surface area (Å²) in [6, 6.07) is 4.30. The number of carbonyl (C=O) groups is 1. The van der Waals surface area contributed by atoms with Gasteiger partial charge < -0.3 is 10.1 Å². The molecule has 2 atom stereocenters. The van der Waals surface area contributed by atoms with E-state index in [-0.39, 0.29) is 5.91 Å². The van der Waals surface area contributed by atoms with Crippen LogP contribution in [0.25, 0.3) is 0 Å². The third kappa shape index (κ3) is 2.06. The summed E-state index contributed by atoms with van der Waals surface area (Å²) in [7, 11) is 1.64. The summed E-state index contributed by atoms with van der Waals surface area (Å²) >= 11 is 0. The van der Waals surface area contributed by atoms with E-state index in [1.54, 1.807) is 13.3 Å². The second-order valence-corrected chi connectivity index (χ2v) is 5.00. The van der Waals surface area contributed by atoms with Gasteiger partial charge >= 0.3 is 0 Å². The molecule has 96 valence electrons. The van der Waals surface area contributed by atoms with Gasteiger partial charge in [0.25, 0.3) is 0 Å². The van der Waals surface area contributed by atoms with Gasteiger partial charge in [-0.15, -0.1) is 0 Å². The fourth-order valence-corrected chi connectivity index (χ4v) is 2.93. The highest BCUT2D eigenvalue weighted by Gasteiger charge is 2.39. The Morgan fingerprint density at radius 1 is 1.56 bits per heavy atom. The number of hydrogen-bond acceptors (Lipinski definition) is 4. The molecule has 5 nitrogen and oxygen atoms in total. The minimum absolute atomic E-state index is 0.198. The molecule has 18 heavy (non-hydrogen) atoms. The van der Waals surface area contributed by atoms with Crippen LogP contribution in [0.4, 0.5) is 0 Å². The minimum Gasteiger partial charge on any atom is -0.481 e. The van der Waals surface area contributed by atoms with Gasteiger partial charge in [0.1, 0.15) is 0 Å². The van der Waals surface area contributed by atoms with E-state index >= 15 is 0 Å². The number of fused-ring (bicyclic) bond motifs is 1. The first kappa shape index (κ1) is 11.5. The number of methoxy groups -OCH3 is 1. The van der Waals surface area contributed by atoms with Crippen LogP contribution in [-0.4, -0.2) is 42.0 Å². The molecule has 0 aliphatic carbocycles. The van der Waals surface area contributed by atoms with Gasteiger partial charge in [0.05, 0.1) is 7.11 Å². The van der Waals surface area contributed by atoms with Crippen molar-refractivity contribution < 1.29 is 9.53 Å². The van der Waals surface area contributed by atoms with Gasteiger partial charge in [-0.05, 0) is 6.07 Å². The first-order chi connectivity index (χ1) is 8.76. The van der Waals surface area contributed by atoms with Gasteiger partial charge in [-0.1, -0.05) is 6.07 Å². The number of nitrogens with zero attached hydrogens (tertiary/aromatic N) is 2. The third-order valence-corrected chi connectivity index (χ3v) is 3.75. The second kappa shape index (κ2) is 4.57. The molecule has 1 aromatic rings. The van der Waals surface area contributed by atoms with Crippen LogP contribution in [0, 0.1) is 5.92 Å². The normalized spacial score (nSPS) is 27.1. The molecule has 1 N–H and O–H groups in total. The average molecular weight is 247 g/mol. The molecule has 0 saturated carbocycles. The molecule has 0 aromatic carbocycles. The summed E-state index contributed by atoms with van der Waals surface area (Å²) in [5, 5.41) is 3.03. The number of pyridine rings is 1. The minimum atomic E-state index is 0.198. The van der Waals surface area contributed by atoms with Crippen LogP contribution >= 0.6 is 0 Å². The number of hydrogen-bond donors (Lipinski definition) is 1. The van der Waals surface area contributed by atoms with E-state index in [4.69, 9.17) is 4.74 Å². The van der Waals surface area contributed by atoms with E-state index in [1.165, 1.54) is 0 Å². The van der Waals surface area contributed by atoms with Crippen molar-refractivity contribution in [2.75, 3.05) is 20.2 Å². The van der Waals surface area contributed by atoms with Crippen molar-refractivity contribution in [1.29, 1.82) is 0 Å². The van der Waals surface area contributed by atoms with Crippen molar-refractivity contribution in [2.24, 2.45) is 5.92 Å². The van der Waals surface area contributed by atoms with Crippen LogP contribution in [0.1, 0.15) is 12.0 Å². The zero-order chi connectivity index (χ0) is 12.5. The van der Waals surface area contributed by atoms with Gasteiger partial charge in [-0.25, -0.2) is 4.98 Å². The second-order valence-electron chi connectivity index (χ2n) is 5.00. The Bertz CT molecular complexity index is 447. The van der Waals surface area contributed by atoms with E-state index < -0.39 is 0 Å². The molecule has 3 heterocycles. The molecule has 1 aromatic heterocycles. The Morgan fingerprint density at radius 2 is 2.44 bits per heavy atom. The van der Waals surface area contributed by atoms with Crippen LogP contribution in [0.5, 0.6) is 5.88 Å². The zero-order valence-electron chi connectivity index (χ0n) is 10.4. The summed E-state index contributed by atoms with van der Waals surface area (Å²) in [5.74, 6) is 1.36. The lowest BCUT2D eigenvalue weighted by Gasteiger charge is -2.17. The van der Waals surface area contributed by atoms with E-state index in [9.17, 15) is 4.79 Å². The van der Waals surface area contributed by atoms with E-state index in [0.717, 1.165) is 25.2 Å². The lowest BCUT2D eigenvalue weighted by Crippen LogP contribution is -2.32. The standard InChI is InChI=1S/C13H17N3O2/c1-18-13-9(3-2-4-14-13)6-16-7-10-5-12(17)15-11(10)8-16/h2-4,10-11H,5-8H2,1H3,(H,15,17)/t10-,11+/m0/s1. The number of carbonyl (C=O) groups excluding carboxylic acids is 1. The molecule has 0 bridgehead atoms. The Morgan fingerprint density at radius 3 is 3.22 bits per heavy atom. The Balaban J connectivity index is 1.66. The smallest absolute Gasteiger partial charge is 0.220 e. The molecule has 5 heteroatoms. The molecule has 2 fully saturated rings. The largest absolute Gasteiger partial charge is 0.481 e. The van der Waals surface area contributed by atoms with E-state index in [1.807, 2.05) is 12.1 Å². The molecule has 2 aliphatic heterocycles. The highest BCUT2D eigenvalue weighted by atomic mass is 16.5. The van der Waals surface area contributed by atoms with Crippen molar-refractivity contribution in [2.45, 2.75) is 19.0 Å². The van der Waals surface area contributed by atoms with E-state index in [0.29, 0.717) is 24.3 Å². The summed E-state index contributed by atoms with van der Waals surface area (Å²) in [6.45, 7) is 2.73. The Kier molecular flexibility index (Phi) is 2.91. The van der Waals surface area contributed by atoms with Crippen molar-refractivity contribution in [3.8, 4) is 5.88 Å². The highest BCUT2D eigenvalue weighted by Crippen LogP contribution is 2.27. The maximum atomic E-state index is 11.3. The molecule has 1 amide bonds. The number of aromatic nitrogens is 1. The number of likely N-dealkylation sites (tertiary alicyclic amines) is 1. The third-order valence-electron chi connectivity index (χ3n) is 3.75. The van der Waals surface area contributed by atoms with Crippen molar-refractivity contribution in [1.82, 2.24) is 15.2 Å². The summed E-state index contributed by atoms with van der Waals surface area (Å²) in [6.07, 6.45) is 2.41. The fourth-order valence-electron chi connectivity index (χ4n) is 2.93. The predicted molar refractivity (Wildman–Crippen MR) is 66.1 cm³/mol. The average Bonchev–Trinajstić information content (AvgIpc) is 2.86. The molecular weight excluding hydrogens is 230 g/mol. The molecule has 2 aliphatic rings. The van der Waals surface area contributed by atoms with Crippen molar-refractivity contribution in [3.05, 3.63) is 23.9 Å². The van der Waals surface area contributed by atoms with Crippen molar-refractivity contribution >= 4 is 5.91 Å². The van der Waals surface area contributed by atoms with Gasteiger partial charge in [0.15, 0.2) is 0 Å². The summed E-state index contributed by atoms with van der Waals surface area (Å²) < 4.78 is 5.26. The van der Waals surface area contributed by atoms with E-state index in [2.05, 4.69) is 15.2 Å². The maximum Gasteiger partial charge on any atom is 0.220 e. The molecule has 0 radical (unpaired) electrons. The molecule has 2 saturated heterocycles. The number of ether oxygens (including phenoxy) is 1. The SMILES string of the molecule is COc1ncccc1CN1C[C@@H]2CC(=O)N[C@@H]2C1. The summed E-state index contributed by atoms with van der Waals surface area (Å²) in [4.78, 5) is 17.8. The maximum absolute atomic E-state index is 11.3. The topological polar surface area (TPSA) is 54.5 Å². The lowest BCUT2D eigenvalue weighted by atomic mass is 10.1. The predicted octanol–water partition coefficient (Wildman–Crippen LogP) is 0.410.